The van der Waals surface area contributed by atoms with E-state index in [0.29, 0.717) is 12.1 Å². The third-order valence-electron chi connectivity index (χ3n) is 3.71. The highest BCUT2D eigenvalue weighted by Crippen LogP contribution is 2.17. The lowest BCUT2D eigenvalue weighted by molar-refractivity contribution is -0.384. The number of hydrogen-bond donors (Lipinski definition) is 2. The molecule has 0 aliphatic heterocycles. The minimum Gasteiger partial charge on any atom is -0.322 e. The fourth-order valence-corrected chi connectivity index (χ4v) is 3.42. The highest BCUT2D eigenvalue weighted by atomic mass is 32.2. The SMILES string of the molecule is CC[C@@H](C)NS(=O)(=O)c1ccc(NC(=O)c2cccc([N+](=O)[O-])c2)cc1. The van der Waals surface area contributed by atoms with Crippen molar-refractivity contribution in [2.24, 2.45) is 0 Å². The zero-order chi connectivity index (χ0) is 19.3. The molecule has 0 saturated carbocycles. The van der Waals surface area contributed by atoms with E-state index >= 15 is 0 Å². The Bertz CT molecular complexity index is 910. The van der Waals surface area contributed by atoms with Gasteiger partial charge in [-0.3, -0.25) is 14.9 Å². The number of nitro benzene ring substituents is 1. The van der Waals surface area contributed by atoms with Crippen molar-refractivity contribution in [1.29, 1.82) is 0 Å². The van der Waals surface area contributed by atoms with Gasteiger partial charge in [0.15, 0.2) is 0 Å². The summed E-state index contributed by atoms with van der Waals surface area (Å²) in [5.74, 6) is -0.526. The molecule has 2 rings (SSSR count). The van der Waals surface area contributed by atoms with E-state index in [2.05, 4.69) is 10.0 Å². The maximum Gasteiger partial charge on any atom is 0.270 e. The fraction of sp³-hybridized carbons (Fsp3) is 0.235. The Morgan fingerprint density at radius 3 is 2.42 bits per heavy atom. The van der Waals surface area contributed by atoms with Crippen molar-refractivity contribution in [2.75, 3.05) is 5.32 Å². The second kappa shape index (κ2) is 8.07. The molecule has 0 fully saturated rings. The van der Waals surface area contributed by atoms with Gasteiger partial charge in [-0.25, -0.2) is 13.1 Å². The molecule has 9 heteroatoms. The van der Waals surface area contributed by atoms with Crippen LogP contribution >= 0.6 is 0 Å². The Hall–Kier alpha value is -2.78. The third-order valence-corrected chi connectivity index (χ3v) is 5.32. The molecule has 0 unspecified atom stereocenters. The van der Waals surface area contributed by atoms with Gasteiger partial charge >= 0.3 is 0 Å². The molecule has 2 aromatic rings. The predicted octanol–water partition coefficient (Wildman–Crippen LogP) is 2.92. The van der Waals surface area contributed by atoms with Crippen LogP contribution in [0.3, 0.4) is 0 Å². The summed E-state index contributed by atoms with van der Waals surface area (Å²) in [5.41, 5.74) is 0.327. The van der Waals surface area contributed by atoms with E-state index in [9.17, 15) is 23.3 Å². The molecule has 0 spiro atoms. The maximum atomic E-state index is 12.2. The standard InChI is InChI=1S/C17H19N3O5S/c1-3-12(2)19-26(24,25)16-9-7-14(8-10-16)18-17(21)13-5-4-6-15(11-13)20(22)23/h4-12,19H,3H2,1-2H3,(H,18,21)/t12-/m1/s1. The number of non-ortho nitro benzene ring substituents is 1. The molecule has 0 saturated heterocycles. The number of carbonyl (C=O) groups is 1. The zero-order valence-corrected chi connectivity index (χ0v) is 15.1. The van der Waals surface area contributed by atoms with E-state index in [4.69, 9.17) is 0 Å². The number of nitrogens with zero attached hydrogens (tertiary/aromatic N) is 1. The molecule has 8 nitrogen and oxygen atoms in total. The van der Waals surface area contributed by atoms with Crippen LogP contribution in [0.4, 0.5) is 11.4 Å². The highest BCUT2D eigenvalue weighted by molar-refractivity contribution is 7.89. The topological polar surface area (TPSA) is 118 Å². The Kier molecular flexibility index (Phi) is 6.06. The molecule has 0 heterocycles. The van der Waals surface area contributed by atoms with Crippen LogP contribution in [0.2, 0.25) is 0 Å². The zero-order valence-electron chi connectivity index (χ0n) is 14.3. The van der Waals surface area contributed by atoms with Crippen LogP contribution in [0, 0.1) is 10.1 Å². The number of amides is 1. The van der Waals surface area contributed by atoms with Gasteiger partial charge in [-0.15, -0.1) is 0 Å². The number of nitrogens with one attached hydrogen (secondary N) is 2. The molecule has 138 valence electrons. The van der Waals surface area contributed by atoms with Crippen LogP contribution in [-0.4, -0.2) is 25.3 Å². The largest absolute Gasteiger partial charge is 0.322 e. The minimum absolute atomic E-state index is 0.0890. The Labute approximate surface area is 151 Å². The Morgan fingerprint density at radius 2 is 1.85 bits per heavy atom. The molecule has 0 aromatic heterocycles. The minimum atomic E-state index is -3.62. The molecule has 1 atom stereocenters. The number of rotatable bonds is 7. The van der Waals surface area contributed by atoms with Crippen molar-refractivity contribution in [2.45, 2.75) is 31.2 Å². The van der Waals surface area contributed by atoms with E-state index in [1.54, 1.807) is 6.92 Å². The smallest absolute Gasteiger partial charge is 0.270 e. The maximum absolute atomic E-state index is 12.2. The van der Waals surface area contributed by atoms with Gasteiger partial charge in [0.25, 0.3) is 11.6 Å². The summed E-state index contributed by atoms with van der Waals surface area (Å²) in [6, 6.07) is 10.8. The number of sulfonamides is 1. The molecule has 0 aliphatic carbocycles. The highest BCUT2D eigenvalue weighted by Gasteiger charge is 2.17. The van der Waals surface area contributed by atoms with Crippen LogP contribution in [-0.2, 0) is 10.0 Å². The van der Waals surface area contributed by atoms with Crippen LogP contribution in [0.5, 0.6) is 0 Å². The van der Waals surface area contributed by atoms with Gasteiger partial charge in [0.2, 0.25) is 10.0 Å². The van der Waals surface area contributed by atoms with Crippen molar-refractivity contribution < 1.29 is 18.1 Å². The van der Waals surface area contributed by atoms with E-state index in [-0.39, 0.29) is 22.2 Å². The van der Waals surface area contributed by atoms with E-state index in [0.717, 1.165) is 0 Å². The molecule has 26 heavy (non-hydrogen) atoms. The van der Waals surface area contributed by atoms with Gasteiger partial charge in [0.05, 0.1) is 9.82 Å². The van der Waals surface area contributed by atoms with Gasteiger partial charge < -0.3 is 5.32 Å². The molecule has 1 amide bonds. The summed E-state index contributed by atoms with van der Waals surface area (Å²) < 4.78 is 26.9. The van der Waals surface area contributed by atoms with E-state index in [1.165, 1.54) is 48.5 Å². The Balaban J connectivity index is 2.13. The van der Waals surface area contributed by atoms with Crippen LogP contribution in [0.1, 0.15) is 30.6 Å². The molecular weight excluding hydrogens is 358 g/mol. The molecule has 0 aliphatic rings. The quantitative estimate of drug-likeness (QED) is 0.568. The summed E-state index contributed by atoms with van der Waals surface area (Å²) >= 11 is 0. The number of hydrogen-bond acceptors (Lipinski definition) is 5. The molecule has 0 radical (unpaired) electrons. The van der Waals surface area contributed by atoms with Crippen molar-refractivity contribution in [3.63, 3.8) is 0 Å². The fourth-order valence-electron chi connectivity index (χ4n) is 2.10. The van der Waals surface area contributed by atoms with E-state index < -0.39 is 20.9 Å². The first-order chi connectivity index (χ1) is 12.2. The summed E-state index contributed by atoms with van der Waals surface area (Å²) in [6.07, 6.45) is 0.663. The molecule has 0 bridgehead atoms. The summed E-state index contributed by atoms with van der Waals surface area (Å²) in [5, 5.41) is 13.4. The second-order valence-corrected chi connectivity index (χ2v) is 7.43. The lowest BCUT2D eigenvalue weighted by atomic mass is 10.2. The number of benzene rings is 2. The van der Waals surface area contributed by atoms with Crippen molar-refractivity contribution >= 4 is 27.3 Å². The van der Waals surface area contributed by atoms with E-state index in [1.807, 2.05) is 6.92 Å². The second-order valence-electron chi connectivity index (χ2n) is 5.72. The first kappa shape index (κ1) is 19.5. The number of nitro groups is 1. The summed E-state index contributed by atoms with van der Waals surface area (Å²) in [4.78, 5) is 22.5. The van der Waals surface area contributed by atoms with Crippen LogP contribution < -0.4 is 10.0 Å². The van der Waals surface area contributed by atoms with Crippen molar-refractivity contribution in [1.82, 2.24) is 4.72 Å². The molecule has 2 aromatic carbocycles. The van der Waals surface area contributed by atoms with Crippen molar-refractivity contribution in [3.05, 3.63) is 64.2 Å². The van der Waals surface area contributed by atoms with Gasteiger partial charge in [0, 0.05) is 29.4 Å². The van der Waals surface area contributed by atoms with Gasteiger partial charge in [-0.1, -0.05) is 13.0 Å². The lowest BCUT2D eigenvalue weighted by Crippen LogP contribution is -2.31. The average Bonchev–Trinajstić information content (AvgIpc) is 2.61. The lowest BCUT2D eigenvalue weighted by Gasteiger charge is -2.12. The average molecular weight is 377 g/mol. The monoisotopic (exact) mass is 377 g/mol. The summed E-state index contributed by atoms with van der Waals surface area (Å²) in [6.45, 7) is 3.64. The third kappa shape index (κ3) is 4.87. The summed E-state index contributed by atoms with van der Waals surface area (Å²) in [7, 11) is -3.62. The predicted molar refractivity (Wildman–Crippen MR) is 97.6 cm³/mol. The van der Waals surface area contributed by atoms with Crippen LogP contribution in [0.15, 0.2) is 53.4 Å². The first-order valence-electron chi connectivity index (χ1n) is 7.91. The molecule has 2 N–H and O–H groups in total. The number of anilines is 1. The normalized spacial score (nSPS) is 12.4. The molecular formula is C17H19N3O5S. The van der Waals surface area contributed by atoms with Crippen LogP contribution in [0.25, 0.3) is 0 Å². The Morgan fingerprint density at radius 1 is 1.19 bits per heavy atom. The van der Waals surface area contributed by atoms with Gasteiger partial charge in [0.1, 0.15) is 0 Å². The first-order valence-corrected chi connectivity index (χ1v) is 9.39. The van der Waals surface area contributed by atoms with Gasteiger partial charge in [-0.2, -0.15) is 0 Å². The van der Waals surface area contributed by atoms with Crippen molar-refractivity contribution in [3.8, 4) is 0 Å². The number of carbonyl (C=O) groups excluding carboxylic acids is 1. The van der Waals surface area contributed by atoms with Gasteiger partial charge in [-0.05, 0) is 43.7 Å².